The summed E-state index contributed by atoms with van der Waals surface area (Å²) in [5, 5.41) is 2.82. The molecule has 6 heteroatoms. The molecule has 0 atom stereocenters. The lowest BCUT2D eigenvalue weighted by Gasteiger charge is -2.08. The molecule has 0 aliphatic rings. The molecule has 6 nitrogen and oxygen atoms in total. The van der Waals surface area contributed by atoms with Crippen molar-refractivity contribution in [3.63, 3.8) is 0 Å². The second-order valence-electron chi connectivity index (χ2n) is 5.35. The minimum absolute atomic E-state index is 0.299. The van der Waals surface area contributed by atoms with E-state index in [0.717, 1.165) is 5.75 Å². The number of imidazole rings is 1. The van der Waals surface area contributed by atoms with Gasteiger partial charge in [-0.2, -0.15) is 0 Å². The number of rotatable bonds is 4. The summed E-state index contributed by atoms with van der Waals surface area (Å²) < 4.78 is 7.47. The Bertz CT molecular complexity index is 995. The largest absolute Gasteiger partial charge is 0.457 e. The lowest BCUT2D eigenvalue weighted by atomic mass is 10.3. The van der Waals surface area contributed by atoms with E-state index in [1.54, 1.807) is 41.2 Å². The Labute approximate surface area is 143 Å². The van der Waals surface area contributed by atoms with Crippen LogP contribution in [0.2, 0.25) is 0 Å². The molecule has 2 heterocycles. The maximum Gasteiger partial charge on any atom is 0.275 e. The number of fused-ring (bicyclic) bond motifs is 1. The molecule has 4 rings (SSSR count). The molecule has 1 N–H and O–H groups in total. The summed E-state index contributed by atoms with van der Waals surface area (Å²) in [5.41, 5.74) is 0.927. The van der Waals surface area contributed by atoms with Crippen LogP contribution in [-0.2, 0) is 0 Å². The minimum atomic E-state index is -0.303. The fourth-order valence-corrected chi connectivity index (χ4v) is 2.40. The van der Waals surface area contributed by atoms with Gasteiger partial charge in [-0.3, -0.25) is 9.20 Å². The second kappa shape index (κ2) is 6.45. The first-order chi connectivity index (χ1) is 12.3. The number of ether oxygens (including phenoxy) is 1. The highest BCUT2D eigenvalue weighted by molar-refractivity contribution is 6.03. The molecule has 0 aliphatic heterocycles. The zero-order valence-electron chi connectivity index (χ0n) is 13.2. The number of anilines is 1. The molecule has 0 fully saturated rings. The fraction of sp³-hybridized carbons (Fsp3) is 0. The van der Waals surface area contributed by atoms with E-state index in [2.05, 4.69) is 15.3 Å². The van der Waals surface area contributed by atoms with Crippen molar-refractivity contribution in [3.8, 4) is 11.5 Å². The normalized spacial score (nSPS) is 10.6. The van der Waals surface area contributed by atoms with E-state index in [4.69, 9.17) is 4.74 Å². The van der Waals surface area contributed by atoms with Crippen LogP contribution in [0.15, 0.2) is 79.3 Å². The van der Waals surface area contributed by atoms with Crippen molar-refractivity contribution in [1.82, 2.24) is 14.4 Å². The van der Waals surface area contributed by atoms with Gasteiger partial charge < -0.3 is 10.1 Å². The summed E-state index contributed by atoms with van der Waals surface area (Å²) in [6, 6.07) is 18.5. The van der Waals surface area contributed by atoms with E-state index in [0.29, 0.717) is 22.9 Å². The first-order valence-corrected chi connectivity index (χ1v) is 7.72. The third-order valence-electron chi connectivity index (χ3n) is 3.54. The van der Waals surface area contributed by atoms with E-state index in [1.165, 1.54) is 0 Å². The molecule has 0 saturated heterocycles. The monoisotopic (exact) mass is 330 g/mol. The predicted molar refractivity (Wildman–Crippen MR) is 93.9 cm³/mol. The highest BCUT2D eigenvalue weighted by atomic mass is 16.5. The highest BCUT2D eigenvalue weighted by Crippen LogP contribution is 2.24. The standard InChI is InChI=1S/C19H14N4O2/c24-18(17-13-23-11-5-10-20-19(23)22-17)21-14-6-4-9-16(12-14)25-15-7-2-1-3-8-15/h1-13H,(H,21,24). The molecule has 0 bridgehead atoms. The van der Waals surface area contributed by atoms with E-state index in [1.807, 2.05) is 42.5 Å². The zero-order valence-corrected chi connectivity index (χ0v) is 13.2. The Balaban J connectivity index is 1.52. The van der Waals surface area contributed by atoms with Gasteiger partial charge in [0.1, 0.15) is 17.2 Å². The summed E-state index contributed by atoms with van der Waals surface area (Å²) in [7, 11) is 0. The number of para-hydroxylation sites is 1. The third-order valence-corrected chi connectivity index (χ3v) is 3.54. The van der Waals surface area contributed by atoms with Gasteiger partial charge in [-0.15, -0.1) is 0 Å². The Kier molecular flexibility index (Phi) is 3.84. The van der Waals surface area contributed by atoms with Crippen molar-refractivity contribution in [1.29, 1.82) is 0 Å². The number of hydrogen-bond donors (Lipinski definition) is 1. The van der Waals surface area contributed by atoms with Crippen molar-refractivity contribution in [3.05, 3.63) is 84.9 Å². The van der Waals surface area contributed by atoms with Crippen LogP contribution in [0.4, 0.5) is 5.69 Å². The van der Waals surface area contributed by atoms with Crippen molar-refractivity contribution < 1.29 is 9.53 Å². The van der Waals surface area contributed by atoms with E-state index in [-0.39, 0.29) is 5.91 Å². The van der Waals surface area contributed by atoms with Gasteiger partial charge >= 0.3 is 0 Å². The molecule has 25 heavy (non-hydrogen) atoms. The maximum atomic E-state index is 12.4. The molecule has 2 aromatic carbocycles. The van der Waals surface area contributed by atoms with Crippen LogP contribution in [0.5, 0.6) is 11.5 Å². The van der Waals surface area contributed by atoms with Gasteiger partial charge in [0.05, 0.1) is 0 Å². The summed E-state index contributed by atoms with van der Waals surface area (Å²) in [5.74, 6) is 1.55. The van der Waals surface area contributed by atoms with Gasteiger partial charge in [-0.1, -0.05) is 24.3 Å². The van der Waals surface area contributed by atoms with Crippen LogP contribution in [0.25, 0.3) is 5.78 Å². The lowest BCUT2D eigenvalue weighted by Crippen LogP contribution is -2.12. The molecule has 0 saturated carbocycles. The average Bonchev–Trinajstić information content (AvgIpc) is 3.07. The zero-order chi connectivity index (χ0) is 17.1. The average molecular weight is 330 g/mol. The number of hydrogen-bond acceptors (Lipinski definition) is 4. The first kappa shape index (κ1) is 14.9. The van der Waals surface area contributed by atoms with Crippen LogP contribution < -0.4 is 10.1 Å². The van der Waals surface area contributed by atoms with Crippen LogP contribution >= 0.6 is 0 Å². The van der Waals surface area contributed by atoms with Crippen LogP contribution in [-0.4, -0.2) is 20.3 Å². The number of benzene rings is 2. The second-order valence-corrected chi connectivity index (χ2v) is 5.35. The van der Waals surface area contributed by atoms with Crippen molar-refractivity contribution in [2.24, 2.45) is 0 Å². The number of nitrogens with one attached hydrogen (secondary N) is 1. The van der Waals surface area contributed by atoms with Gasteiger partial charge in [-0.05, 0) is 30.3 Å². The predicted octanol–water partition coefficient (Wildman–Crippen LogP) is 3.77. The smallest absolute Gasteiger partial charge is 0.275 e. The number of nitrogens with zero attached hydrogens (tertiary/aromatic N) is 3. The molecule has 2 aromatic heterocycles. The maximum absolute atomic E-state index is 12.4. The van der Waals surface area contributed by atoms with Crippen LogP contribution in [0.3, 0.4) is 0 Å². The number of aromatic nitrogens is 3. The number of carbonyl (C=O) groups is 1. The number of amides is 1. The van der Waals surface area contributed by atoms with Gasteiger partial charge in [0.25, 0.3) is 5.91 Å². The lowest BCUT2D eigenvalue weighted by molar-refractivity contribution is 0.102. The Morgan fingerprint density at radius 2 is 1.84 bits per heavy atom. The van der Waals surface area contributed by atoms with E-state index < -0.39 is 0 Å². The van der Waals surface area contributed by atoms with Crippen LogP contribution in [0.1, 0.15) is 10.5 Å². The molecule has 122 valence electrons. The summed E-state index contributed by atoms with van der Waals surface area (Å²) >= 11 is 0. The molecule has 1 amide bonds. The quantitative estimate of drug-likeness (QED) is 0.618. The minimum Gasteiger partial charge on any atom is -0.457 e. The molecule has 0 aliphatic carbocycles. The van der Waals surface area contributed by atoms with E-state index >= 15 is 0 Å². The van der Waals surface area contributed by atoms with Gasteiger partial charge in [0.2, 0.25) is 5.78 Å². The Morgan fingerprint density at radius 1 is 1.00 bits per heavy atom. The molecule has 0 spiro atoms. The van der Waals surface area contributed by atoms with Gasteiger partial charge in [0, 0.05) is 30.3 Å². The van der Waals surface area contributed by atoms with Crippen molar-refractivity contribution in [2.75, 3.05) is 5.32 Å². The van der Waals surface area contributed by atoms with E-state index in [9.17, 15) is 4.79 Å². The Morgan fingerprint density at radius 3 is 2.68 bits per heavy atom. The molecule has 4 aromatic rings. The molecular weight excluding hydrogens is 316 g/mol. The topological polar surface area (TPSA) is 68.5 Å². The fourth-order valence-electron chi connectivity index (χ4n) is 2.40. The highest BCUT2D eigenvalue weighted by Gasteiger charge is 2.11. The first-order valence-electron chi connectivity index (χ1n) is 7.72. The summed E-state index contributed by atoms with van der Waals surface area (Å²) in [6.45, 7) is 0. The molecule has 0 unspecified atom stereocenters. The van der Waals surface area contributed by atoms with Crippen LogP contribution in [0, 0.1) is 0 Å². The van der Waals surface area contributed by atoms with Gasteiger partial charge in [0.15, 0.2) is 0 Å². The van der Waals surface area contributed by atoms with Crippen molar-refractivity contribution in [2.45, 2.75) is 0 Å². The Hall–Kier alpha value is -3.67. The summed E-state index contributed by atoms with van der Waals surface area (Å²) in [6.07, 6.45) is 5.07. The van der Waals surface area contributed by atoms with Crippen molar-refractivity contribution >= 4 is 17.4 Å². The third kappa shape index (κ3) is 3.32. The molecule has 0 radical (unpaired) electrons. The SMILES string of the molecule is O=C(Nc1cccc(Oc2ccccc2)c1)c1cn2cccnc2n1. The molecular formula is C19H14N4O2. The van der Waals surface area contributed by atoms with Gasteiger partial charge in [-0.25, -0.2) is 9.97 Å². The summed E-state index contributed by atoms with van der Waals surface area (Å²) in [4.78, 5) is 20.7. The number of carbonyl (C=O) groups excluding carboxylic acids is 1.